The van der Waals surface area contributed by atoms with Crippen molar-refractivity contribution in [3.05, 3.63) is 23.7 Å². The molecule has 2 rings (SSSR count). The number of nitrogens with zero attached hydrogens (tertiary/aromatic N) is 2. The molecule has 2 heterocycles. The summed E-state index contributed by atoms with van der Waals surface area (Å²) in [4.78, 5) is 19.3. The minimum Gasteiger partial charge on any atom is -0.445 e. The van der Waals surface area contributed by atoms with Crippen molar-refractivity contribution in [1.82, 2.24) is 9.97 Å². The Hall–Kier alpha value is -1.71. The van der Waals surface area contributed by atoms with Crippen molar-refractivity contribution in [2.75, 3.05) is 0 Å². The summed E-state index contributed by atoms with van der Waals surface area (Å²) in [6.07, 6.45) is 5.12. The van der Waals surface area contributed by atoms with Crippen LogP contribution in [0, 0.1) is 0 Å². The highest BCUT2D eigenvalue weighted by Gasteiger charge is 2.09. The Balaban J connectivity index is 2.44. The minimum absolute atomic E-state index is 0.428. The summed E-state index contributed by atoms with van der Waals surface area (Å²) < 4.78 is 5.15. The first kappa shape index (κ1) is 9.83. The van der Waals surface area contributed by atoms with E-state index >= 15 is 0 Å². The average molecular weight is 204 g/mol. The van der Waals surface area contributed by atoms with Gasteiger partial charge >= 0.3 is 0 Å². The average Bonchev–Trinajstić information content (AvgIpc) is 2.71. The third-order valence-electron chi connectivity index (χ3n) is 2.28. The van der Waals surface area contributed by atoms with Gasteiger partial charge in [-0.2, -0.15) is 0 Å². The Morgan fingerprint density at radius 1 is 1.47 bits per heavy atom. The molecule has 0 aliphatic rings. The molecule has 15 heavy (non-hydrogen) atoms. The van der Waals surface area contributed by atoms with Gasteiger partial charge in [-0.15, -0.1) is 0 Å². The molecule has 0 spiro atoms. The van der Waals surface area contributed by atoms with Crippen LogP contribution < -0.4 is 0 Å². The molecule has 0 atom stereocenters. The van der Waals surface area contributed by atoms with Gasteiger partial charge in [-0.3, -0.25) is 4.79 Å². The van der Waals surface area contributed by atoms with E-state index in [0.29, 0.717) is 16.9 Å². The molecule has 4 nitrogen and oxygen atoms in total. The number of aryl methyl sites for hydroxylation is 1. The highest BCUT2D eigenvalue weighted by Crippen LogP contribution is 2.14. The van der Waals surface area contributed by atoms with Crippen molar-refractivity contribution in [3.8, 4) is 0 Å². The third-order valence-corrected chi connectivity index (χ3v) is 2.28. The third kappa shape index (κ3) is 1.88. The molecular weight excluding hydrogens is 192 g/mol. The van der Waals surface area contributed by atoms with E-state index in [4.69, 9.17) is 4.42 Å². The van der Waals surface area contributed by atoms with Gasteiger partial charge in [0.1, 0.15) is 11.2 Å². The summed E-state index contributed by atoms with van der Waals surface area (Å²) in [7, 11) is 0. The monoisotopic (exact) mass is 204 g/mol. The molecule has 0 aliphatic heterocycles. The summed E-state index contributed by atoms with van der Waals surface area (Å²) in [5, 5.41) is 0. The number of furan rings is 1. The molecule has 0 saturated carbocycles. The molecule has 0 saturated heterocycles. The number of aldehydes is 1. The quantitative estimate of drug-likeness (QED) is 0.717. The molecule has 2 aromatic rings. The fourth-order valence-corrected chi connectivity index (χ4v) is 1.46. The molecule has 0 N–H and O–H groups in total. The number of rotatable bonds is 4. The van der Waals surface area contributed by atoms with E-state index in [9.17, 15) is 4.79 Å². The maximum absolute atomic E-state index is 10.8. The second-order valence-electron chi connectivity index (χ2n) is 3.39. The number of hydrogen-bond acceptors (Lipinski definition) is 4. The SMILES string of the molecule is CCCCc1nc2occc2nc1C=O. The van der Waals surface area contributed by atoms with Crippen LogP contribution in [0.4, 0.5) is 0 Å². The maximum Gasteiger partial charge on any atom is 0.245 e. The summed E-state index contributed by atoms with van der Waals surface area (Å²) in [5.41, 5.74) is 2.30. The topological polar surface area (TPSA) is 56.0 Å². The van der Waals surface area contributed by atoms with Gasteiger partial charge in [0.25, 0.3) is 0 Å². The van der Waals surface area contributed by atoms with Crippen molar-refractivity contribution in [2.45, 2.75) is 26.2 Å². The minimum atomic E-state index is 0.428. The Morgan fingerprint density at radius 3 is 3.07 bits per heavy atom. The van der Waals surface area contributed by atoms with Crippen LogP contribution in [-0.4, -0.2) is 16.3 Å². The van der Waals surface area contributed by atoms with Gasteiger partial charge in [-0.1, -0.05) is 13.3 Å². The van der Waals surface area contributed by atoms with Crippen LogP contribution in [0.15, 0.2) is 16.7 Å². The van der Waals surface area contributed by atoms with Crippen LogP contribution in [0.3, 0.4) is 0 Å². The van der Waals surface area contributed by atoms with Crippen LogP contribution in [0.5, 0.6) is 0 Å². The lowest BCUT2D eigenvalue weighted by atomic mass is 10.1. The van der Waals surface area contributed by atoms with E-state index in [2.05, 4.69) is 16.9 Å². The smallest absolute Gasteiger partial charge is 0.245 e. The van der Waals surface area contributed by atoms with E-state index < -0.39 is 0 Å². The van der Waals surface area contributed by atoms with E-state index in [1.165, 1.54) is 6.26 Å². The molecule has 0 bridgehead atoms. The molecule has 0 aromatic carbocycles. The summed E-state index contributed by atoms with van der Waals surface area (Å²) in [6, 6.07) is 1.71. The van der Waals surface area contributed by atoms with Crippen molar-refractivity contribution < 1.29 is 9.21 Å². The van der Waals surface area contributed by atoms with E-state index in [0.717, 1.165) is 31.2 Å². The first-order chi connectivity index (χ1) is 7.35. The van der Waals surface area contributed by atoms with Crippen molar-refractivity contribution >= 4 is 17.5 Å². The molecule has 0 fully saturated rings. The second kappa shape index (κ2) is 4.21. The molecule has 4 heteroatoms. The summed E-state index contributed by atoms with van der Waals surface area (Å²) in [6.45, 7) is 2.10. The number of aromatic nitrogens is 2. The van der Waals surface area contributed by atoms with Gasteiger partial charge < -0.3 is 4.42 Å². The predicted molar refractivity (Wildman–Crippen MR) is 55.8 cm³/mol. The first-order valence-corrected chi connectivity index (χ1v) is 5.04. The lowest BCUT2D eigenvalue weighted by molar-refractivity contribution is 0.111. The van der Waals surface area contributed by atoms with Gasteiger partial charge in [0.15, 0.2) is 6.29 Å². The highest BCUT2D eigenvalue weighted by molar-refractivity contribution is 5.78. The molecule has 78 valence electrons. The van der Waals surface area contributed by atoms with Gasteiger partial charge in [-0.05, 0) is 12.8 Å². The number of unbranched alkanes of at least 4 members (excludes halogenated alkanes) is 1. The zero-order valence-electron chi connectivity index (χ0n) is 8.56. The number of carbonyl (C=O) groups is 1. The standard InChI is InChI=1S/C11H12N2O2/c1-2-3-4-8-10(7-14)12-9-5-6-15-11(9)13-8/h5-7H,2-4H2,1H3. The molecule has 0 aliphatic carbocycles. The summed E-state index contributed by atoms with van der Waals surface area (Å²) in [5.74, 6) is 0. The Labute approximate surface area is 87.3 Å². The zero-order chi connectivity index (χ0) is 10.7. The van der Waals surface area contributed by atoms with Gasteiger partial charge in [-0.25, -0.2) is 9.97 Å². The van der Waals surface area contributed by atoms with E-state index in [1.54, 1.807) is 6.07 Å². The van der Waals surface area contributed by atoms with Gasteiger partial charge in [0, 0.05) is 6.07 Å². The fourth-order valence-electron chi connectivity index (χ4n) is 1.46. The van der Waals surface area contributed by atoms with E-state index in [1.807, 2.05) is 0 Å². The highest BCUT2D eigenvalue weighted by atomic mass is 16.3. The summed E-state index contributed by atoms with van der Waals surface area (Å²) >= 11 is 0. The molecule has 0 radical (unpaired) electrons. The van der Waals surface area contributed by atoms with Gasteiger partial charge in [0.05, 0.1) is 12.0 Å². The normalized spacial score (nSPS) is 10.7. The lowest BCUT2D eigenvalue weighted by Gasteiger charge is -2.01. The Bertz CT molecular complexity index is 476. The Kier molecular flexibility index (Phi) is 2.76. The van der Waals surface area contributed by atoms with Crippen LogP contribution >= 0.6 is 0 Å². The van der Waals surface area contributed by atoms with Gasteiger partial charge in [0.2, 0.25) is 5.71 Å². The van der Waals surface area contributed by atoms with Crippen molar-refractivity contribution in [3.63, 3.8) is 0 Å². The first-order valence-electron chi connectivity index (χ1n) is 5.04. The van der Waals surface area contributed by atoms with Crippen LogP contribution in [0.2, 0.25) is 0 Å². The Morgan fingerprint density at radius 2 is 2.33 bits per heavy atom. The lowest BCUT2D eigenvalue weighted by Crippen LogP contribution is -2.00. The predicted octanol–water partition coefficient (Wildman–Crippen LogP) is 2.38. The largest absolute Gasteiger partial charge is 0.445 e. The van der Waals surface area contributed by atoms with Crippen molar-refractivity contribution in [1.29, 1.82) is 0 Å². The van der Waals surface area contributed by atoms with E-state index in [-0.39, 0.29) is 0 Å². The molecule has 0 amide bonds. The molecule has 2 aromatic heterocycles. The van der Waals surface area contributed by atoms with Crippen LogP contribution in [-0.2, 0) is 6.42 Å². The number of carbonyl (C=O) groups excluding carboxylic acids is 1. The van der Waals surface area contributed by atoms with Crippen LogP contribution in [0.25, 0.3) is 11.2 Å². The fraction of sp³-hybridized carbons (Fsp3) is 0.364. The second-order valence-corrected chi connectivity index (χ2v) is 3.39. The zero-order valence-corrected chi connectivity index (χ0v) is 8.56. The molecule has 0 unspecified atom stereocenters. The maximum atomic E-state index is 10.8. The van der Waals surface area contributed by atoms with Crippen molar-refractivity contribution in [2.24, 2.45) is 0 Å². The number of fused-ring (bicyclic) bond motifs is 1. The number of hydrogen-bond donors (Lipinski definition) is 0. The molecular formula is C11H12N2O2. The van der Waals surface area contributed by atoms with Crippen LogP contribution in [0.1, 0.15) is 35.9 Å².